The van der Waals surface area contributed by atoms with E-state index in [2.05, 4.69) is 64.3 Å². The predicted molar refractivity (Wildman–Crippen MR) is 529 cm³/mol. The molecule has 6 amide bonds. The van der Waals surface area contributed by atoms with Gasteiger partial charge in [-0.1, -0.05) is 180 Å². The summed E-state index contributed by atoms with van der Waals surface area (Å²) in [4.78, 5) is 178. The number of nitrogens with zero attached hydrogens (tertiary/aromatic N) is 6. The van der Waals surface area contributed by atoms with Crippen LogP contribution in [0.5, 0.6) is 0 Å². The number of fused-ring (bicyclic) bond motifs is 2. The molecule has 2 unspecified atom stereocenters. The average Bonchev–Trinajstić information content (AvgIpc) is 0.802. The Hall–Kier alpha value is -10.6. The Morgan fingerprint density at radius 3 is 1.46 bits per heavy atom. The first-order valence-corrected chi connectivity index (χ1v) is 47.9. The van der Waals surface area contributed by atoms with Crippen molar-refractivity contribution in [3.05, 3.63) is 180 Å². The van der Waals surface area contributed by atoms with Crippen molar-refractivity contribution in [1.29, 1.82) is 0 Å². The summed E-state index contributed by atoms with van der Waals surface area (Å²) in [7, 11) is 1.37. The second-order valence-electron chi connectivity index (χ2n) is 35.9. The van der Waals surface area contributed by atoms with Gasteiger partial charge in [-0.3, -0.25) is 69.0 Å². The second kappa shape index (κ2) is 53.5. The van der Waals surface area contributed by atoms with Crippen LogP contribution in [0.15, 0.2) is 120 Å². The van der Waals surface area contributed by atoms with Crippen LogP contribution in [-0.2, 0) is 81.0 Å². The molecule has 0 aliphatic carbocycles. The van der Waals surface area contributed by atoms with Gasteiger partial charge in [0.15, 0.2) is 22.9 Å². The third kappa shape index (κ3) is 37.1. The molecular weight excluding hydrogens is 2020 g/mol. The lowest BCUT2D eigenvalue weighted by Crippen LogP contribution is -2.60. The molecule has 10 atom stereocenters. The van der Waals surface area contributed by atoms with Crippen molar-refractivity contribution in [3.8, 4) is 0 Å². The number of aliphatic hydroxyl groups is 1. The van der Waals surface area contributed by atoms with E-state index in [1.165, 1.54) is 75.2 Å². The molecule has 38 nitrogen and oxygen atoms in total. The fraction of sp³-hybridized carbons (Fsp3) is 0.516. The zero-order chi connectivity index (χ0) is 105. The summed E-state index contributed by atoms with van der Waals surface area (Å²) in [6, 6.07) is 23.1. The summed E-state index contributed by atoms with van der Waals surface area (Å²) < 4.78 is 44.9. The number of alkyl carbamates (subject to hydrolysis) is 2. The lowest BCUT2D eigenvalue weighted by Gasteiger charge is -2.35. The molecule has 4 aromatic carbocycles. The molecule has 0 saturated carbocycles. The van der Waals surface area contributed by atoms with E-state index in [1.807, 2.05) is 95.3 Å². The molecule has 6 heterocycles. The van der Waals surface area contributed by atoms with E-state index < -0.39 is 178 Å². The van der Waals surface area contributed by atoms with Crippen LogP contribution in [0.1, 0.15) is 217 Å². The summed E-state index contributed by atoms with van der Waals surface area (Å²) in [6.45, 7) is 31.7. The van der Waals surface area contributed by atoms with Crippen molar-refractivity contribution < 1.29 is 115 Å². The molecule has 2 aromatic heterocycles. The summed E-state index contributed by atoms with van der Waals surface area (Å²) >= 11 is 37.1. The molecule has 4 saturated heterocycles. The van der Waals surface area contributed by atoms with Gasteiger partial charge in [-0.05, 0) is 218 Å². The molecular formula is C95H122BrCl6N12O26+. The lowest BCUT2D eigenvalue weighted by atomic mass is 9.92. The fourth-order valence-electron chi connectivity index (χ4n) is 14.0. The highest BCUT2D eigenvalue weighted by molar-refractivity contribution is 9.10. The van der Waals surface area contributed by atoms with E-state index >= 15 is 0 Å². The van der Waals surface area contributed by atoms with E-state index in [0.29, 0.717) is 81.5 Å². The third-order valence-corrected chi connectivity index (χ3v) is 22.5. The number of hydrogen-bond donors (Lipinski definition) is 7. The first-order valence-electron chi connectivity index (χ1n) is 44.8. The number of hydrogen-bond acceptors (Lipinski definition) is 29. The number of esters is 6. The highest BCUT2D eigenvalue weighted by atomic mass is 79.9. The van der Waals surface area contributed by atoms with Crippen molar-refractivity contribution in [3.63, 3.8) is 0 Å². The predicted octanol–water partition coefficient (Wildman–Crippen LogP) is 15.9. The summed E-state index contributed by atoms with van der Waals surface area (Å²) in [5, 5.41) is 47.0. The number of ether oxygens (including phenoxy) is 9. The van der Waals surface area contributed by atoms with E-state index in [0.717, 1.165) is 63.4 Å². The SMILES string of the molecule is C=CC1(C(=O)OC)CCCCO1.CC(C)[C@H](O)C(=O)N[C@@H](C)C(=O)N1CCC[C@@H](C(=O)OCC(Cl)(Cl)Cl)N1.CC(C)[C@H](OC(=O)C1(/C=C/c2ccc3ccc([C@@H](C)NC(=O)OC(C)(C)C)nc3c2)CCCCO1)C(=O)N[C@@H](C)C(=O)N1CCC[C@@H](C(=O)OCC(Cl)(Cl)Cl)N1.C[C@@H](NC(=O)OC(C)(C)C)c1ccc2ccc(Br)cc2n1.Cc1cccc([N+](=O)[O-])c1C(=O)OC(=[OH+])c1c(C)cccc1[N+](=O)[O-]. The number of pyridine rings is 2. The number of nitro benzene ring substituents is 2. The summed E-state index contributed by atoms with van der Waals surface area (Å²) in [6.07, 6.45) is 7.87. The van der Waals surface area contributed by atoms with Gasteiger partial charge < -0.3 is 69.1 Å². The van der Waals surface area contributed by atoms with Crippen molar-refractivity contribution in [2.24, 2.45) is 11.8 Å². The number of aryl methyl sites for hydroxylation is 2. The van der Waals surface area contributed by atoms with Gasteiger partial charge in [-0.2, -0.15) is 0 Å². The first-order chi connectivity index (χ1) is 65.3. The quantitative estimate of drug-likeness (QED) is 0.00387. The van der Waals surface area contributed by atoms with Crippen LogP contribution in [0.2, 0.25) is 0 Å². The summed E-state index contributed by atoms with van der Waals surface area (Å²) in [5.41, 5.74) is 4.90. The van der Waals surface area contributed by atoms with E-state index in [-0.39, 0.29) is 41.2 Å². The number of aromatic nitrogens is 2. The Morgan fingerprint density at radius 1 is 0.600 bits per heavy atom. The van der Waals surface area contributed by atoms with E-state index in [4.69, 9.17) is 112 Å². The van der Waals surface area contributed by atoms with Gasteiger partial charge in [0, 0.05) is 53.7 Å². The topological polar surface area (TPSA) is 503 Å². The molecule has 4 aliphatic rings. The van der Waals surface area contributed by atoms with Crippen molar-refractivity contribution in [1.82, 2.24) is 52.1 Å². The van der Waals surface area contributed by atoms with Gasteiger partial charge in [0.05, 0.1) is 51.5 Å². The Balaban J connectivity index is 0.000000297. The fourth-order valence-corrected chi connectivity index (χ4v) is 14.7. The molecule has 0 bridgehead atoms. The number of aliphatic hydroxyl groups excluding tert-OH is 1. The standard InChI is InChI=1S/C39H52Cl3N5O9.C16H19BrN2O2.C16H12N2O7.C15H24Cl3N3O5.C9H14O3/c1-23(2)31(32(48)43-25(4)33(49)47-19-10-11-29(46-47)34(50)53-22-39(40,41)42)55-35(51)38(17-8-9-20-54-38)18-16-26-12-13-27-14-15-28(45-30(27)21-26)24(3)44-36(52)56-37(5,6)7;1-10(18-15(20)21-16(2,3)4)13-8-6-11-5-7-12(17)9-14(11)19-13;1-9-5-3-7-11(17(21)22)13(9)15(19)25-16(20)14-10(2)6-4-8-12(14)18(23)24;1-8(2)11(22)12(23)19-9(3)13(24)21-6-4-5-10(20-21)14(25)26-7-15(16,17)18;1-3-9(8(10)11-2)6-4-5-7-12-9/h12-16,18,21,23-25,29,31,46H,8-11,17,19-20,22H2,1-7H3,(H,43,48)(H,44,52);5-10H,1-4H3,(H,18,20);3-8H,1-2H3;8-11,20,22H,4-7H2,1-3H3,(H,19,23);3H,1,4-7H2,2H3/p+1/b18-16+;;;;/t24-,25+,29+,31+,38?;10-;;9-,10-,11-;/m11.0./s1. The normalized spacial score (nSPS) is 18.4. The molecule has 8 N–H and O–H groups in total. The Kier molecular flexibility index (Phi) is 45.2. The summed E-state index contributed by atoms with van der Waals surface area (Å²) in [5.74, 6) is -7.52. The number of hydrazine groups is 2. The zero-order valence-corrected chi connectivity index (χ0v) is 86.9. The second-order valence-corrected chi connectivity index (χ2v) is 41.8. The van der Waals surface area contributed by atoms with Crippen LogP contribution in [0.3, 0.4) is 0 Å². The van der Waals surface area contributed by atoms with Crippen LogP contribution in [0.4, 0.5) is 21.0 Å². The maximum absolute atomic E-state index is 14.0. The van der Waals surface area contributed by atoms with Gasteiger partial charge in [-0.25, -0.2) is 39.6 Å². The lowest BCUT2D eigenvalue weighted by molar-refractivity contribution is -0.385. The zero-order valence-electron chi connectivity index (χ0n) is 80.8. The number of nitro groups is 2. The Bertz CT molecular complexity index is 5370. The molecule has 4 fully saturated rings. The highest BCUT2D eigenvalue weighted by Crippen LogP contribution is 2.35. The molecule has 10 rings (SSSR count). The number of amides is 6. The molecule has 4 aliphatic heterocycles. The highest BCUT2D eigenvalue weighted by Gasteiger charge is 2.46. The van der Waals surface area contributed by atoms with Gasteiger partial charge in [0.2, 0.25) is 19.1 Å². The number of carbonyl (C=O) groups excluding carboxylic acids is 12. The van der Waals surface area contributed by atoms with Gasteiger partial charge >= 0.3 is 48.0 Å². The van der Waals surface area contributed by atoms with Crippen molar-refractivity contribution >= 4 is 196 Å². The van der Waals surface area contributed by atoms with Gasteiger partial charge in [0.25, 0.3) is 29.1 Å². The molecule has 766 valence electrons. The largest absolute Gasteiger partial charge is 0.534 e. The smallest absolute Gasteiger partial charge is 0.467 e. The van der Waals surface area contributed by atoms with Gasteiger partial charge in [0.1, 0.15) is 54.7 Å². The number of carbonyl (C=O) groups is 11. The number of methoxy groups -OCH3 is 1. The van der Waals surface area contributed by atoms with Crippen molar-refractivity contribution in [2.45, 2.75) is 253 Å². The monoisotopic (exact) mass is 2140 g/mol. The Labute approximate surface area is 849 Å². The molecule has 6 aromatic rings. The minimum absolute atomic E-state index is 0.219. The molecule has 0 spiro atoms. The maximum Gasteiger partial charge on any atom is 0.534 e. The number of halogens is 7. The molecule has 45 heteroatoms. The maximum atomic E-state index is 14.0. The number of alkyl halides is 6. The number of nitrogens with one attached hydrogen (secondary N) is 6. The van der Waals surface area contributed by atoms with Crippen LogP contribution >= 0.6 is 85.5 Å². The third-order valence-electron chi connectivity index (χ3n) is 21.3. The molecule has 140 heavy (non-hydrogen) atoms. The number of benzene rings is 4. The van der Waals surface area contributed by atoms with Gasteiger partial charge in [-0.15, -0.1) is 0 Å². The van der Waals surface area contributed by atoms with Crippen LogP contribution < -0.4 is 32.1 Å². The van der Waals surface area contributed by atoms with Crippen LogP contribution in [0, 0.1) is 45.9 Å². The van der Waals surface area contributed by atoms with Crippen LogP contribution in [0.25, 0.3) is 27.9 Å². The Morgan fingerprint density at radius 2 is 1.04 bits per heavy atom. The molecule has 0 radical (unpaired) electrons. The van der Waals surface area contributed by atoms with Crippen molar-refractivity contribution in [2.75, 3.05) is 46.6 Å². The van der Waals surface area contributed by atoms with E-state index in [1.54, 1.807) is 60.6 Å². The number of rotatable bonds is 26. The average molecular weight is 2140 g/mol. The van der Waals surface area contributed by atoms with Crippen LogP contribution in [-0.4, -0.2) is 224 Å². The minimum atomic E-state index is -1.78. The minimum Gasteiger partial charge on any atom is -0.467 e. The van der Waals surface area contributed by atoms with E-state index in [9.17, 15) is 82.9 Å². The first kappa shape index (κ1) is 118.